The highest BCUT2D eigenvalue weighted by Gasteiger charge is 2.48. The quantitative estimate of drug-likeness (QED) is 0.569. The highest BCUT2D eigenvalue weighted by Crippen LogP contribution is 2.42. The lowest BCUT2D eigenvalue weighted by atomic mass is 9.93. The van der Waals surface area contributed by atoms with E-state index in [1.807, 2.05) is 0 Å². The molecule has 3 rings (SSSR count). The molecule has 1 saturated carbocycles. The molecule has 0 spiro atoms. The van der Waals surface area contributed by atoms with E-state index in [1.165, 1.54) is 6.07 Å². The second kappa shape index (κ2) is 8.58. The Bertz CT molecular complexity index is 1120. The molecule has 2 aromatic rings. The van der Waals surface area contributed by atoms with E-state index in [-0.39, 0.29) is 35.6 Å². The molecule has 4 nitrogen and oxygen atoms in total. The van der Waals surface area contributed by atoms with Crippen molar-refractivity contribution in [3.05, 3.63) is 64.2 Å². The summed E-state index contributed by atoms with van der Waals surface area (Å²) in [6.45, 7) is 0. The maximum atomic E-state index is 15.4. The maximum absolute atomic E-state index is 15.4. The molecule has 0 saturated heterocycles. The van der Waals surface area contributed by atoms with Crippen LogP contribution in [0.1, 0.15) is 41.6 Å². The smallest absolute Gasteiger partial charge is 0.349 e. The van der Waals surface area contributed by atoms with Crippen molar-refractivity contribution in [3.63, 3.8) is 0 Å². The third-order valence-corrected chi connectivity index (χ3v) is 7.63. The van der Waals surface area contributed by atoms with E-state index in [0.29, 0.717) is 6.07 Å². The molecule has 1 aliphatic carbocycles. The first-order valence-corrected chi connectivity index (χ1v) is 11.2. The van der Waals surface area contributed by atoms with E-state index in [9.17, 15) is 35.2 Å². The third-order valence-electron chi connectivity index (χ3n) is 5.18. The Balaban J connectivity index is 1.75. The molecule has 174 valence electrons. The van der Waals surface area contributed by atoms with Gasteiger partial charge in [-0.25, -0.2) is 21.6 Å². The summed E-state index contributed by atoms with van der Waals surface area (Å²) in [5, 5.41) is -0.428. The summed E-state index contributed by atoms with van der Waals surface area (Å²) in [5.41, 5.74) is -1.63. The number of rotatable bonds is 4. The zero-order valence-electron chi connectivity index (χ0n) is 16.1. The van der Waals surface area contributed by atoms with Crippen LogP contribution in [-0.4, -0.2) is 25.4 Å². The lowest BCUT2D eigenvalue weighted by Gasteiger charge is -2.34. The minimum Gasteiger partial charge on any atom is -0.349 e. The fraction of sp³-hybridized carbons (Fsp3) is 0.350. The van der Waals surface area contributed by atoms with Crippen LogP contribution in [-0.2, 0) is 16.0 Å². The number of sulfone groups is 1. The molecule has 0 unspecified atom stereocenters. The van der Waals surface area contributed by atoms with Gasteiger partial charge in [-0.05, 0) is 62.1 Å². The lowest BCUT2D eigenvalue weighted by molar-refractivity contribution is -0.137. The Hall–Kier alpha value is -2.27. The van der Waals surface area contributed by atoms with Crippen LogP contribution in [0.25, 0.3) is 0 Å². The first-order chi connectivity index (χ1) is 14.7. The Kier molecular flexibility index (Phi) is 6.54. The van der Waals surface area contributed by atoms with Gasteiger partial charge in [0, 0.05) is 16.6 Å². The highest BCUT2D eigenvalue weighted by molar-refractivity contribution is 7.92. The van der Waals surface area contributed by atoms with Gasteiger partial charge in [0.1, 0.15) is 11.6 Å². The Morgan fingerprint density at radius 1 is 1.00 bits per heavy atom. The van der Waals surface area contributed by atoms with Crippen LogP contribution in [0.4, 0.5) is 26.3 Å². The van der Waals surface area contributed by atoms with Crippen molar-refractivity contribution in [1.82, 2.24) is 5.32 Å². The van der Waals surface area contributed by atoms with Crippen molar-refractivity contribution in [2.75, 3.05) is 0 Å². The van der Waals surface area contributed by atoms with Crippen LogP contribution in [0.2, 0.25) is 5.02 Å². The Morgan fingerprint density at radius 3 is 2.16 bits per heavy atom. The van der Waals surface area contributed by atoms with Gasteiger partial charge >= 0.3 is 6.18 Å². The highest BCUT2D eigenvalue weighted by atomic mass is 35.5. The molecule has 1 N–H and O–H groups in total. The maximum Gasteiger partial charge on any atom is 0.416 e. The van der Waals surface area contributed by atoms with Crippen LogP contribution in [0, 0.1) is 11.6 Å². The molecular weight excluding hydrogens is 484 g/mol. The molecule has 1 aliphatic rings. The number of alkyl halides is 4. The predicted octanol–water partition coefficient (Wildman–Crippen LogP) is 5.45. The van der Waals surface area contributed by atoms with E-state index in [0.717, 1.165) is 12.1 Å². The summed E-state index contributed by atoms with van der Waals surface area (Å²) in [7, 11) is -4.97. The van der Waals surface area contributed by atoms with Crippen molar-refractivity contribution in [2.45, 2.75) is 47.8 Å². The Labute approximate surface area is 184 Å². The summed E-state index contributed by atoms with van der Waals surface area (Å²) in [5.74, 6) is -2.91. The summed E-state index contributed by atoms with van der Waals surface area (Å²) in [6, 6.07) is 3.15. The number of halogens is 7. The fourth-order valence-corrected chi connectivity index (χ4v) is 5.48. The minimum absolute atomic E-state index is 0.0130. The molecule has 32 heavy (non-hydrogen) atoms. The number of nitrogens with one attached hydrogen (secondary N) is 1. The van der Waals surface area contributed by atoms with Crippen LogP contribution in [0.3, 0.4) is 0 Å². The molecule has 1 fully saturated rings. The number of hydrogen-bond acceptors (Lipinski definition) is 3. The number of hydrogen-bond donors (Lipinski definition) is 1. The van der Waals surface area contributed by atoms with Gasteiger partial charge in [-0.3, -0.25) is 4.79 Å². The fourth-order valence-electron chi connectivity index (χ4n) is 3.51. The van der Waals surface area contributed by atoms with Gasteiger partial charge < -0.3 is 5.32 Å². The van der Waals surface area contributed by atoms with E-state index in [4.69, 9.17) is 11.6 Å². The minimum atomic E-state index is -5.02. The average molecular weight is 500 g/mol. The van der Waals surface area contributed by atoms with Gasteiger partial charge in [0.15, 0.2) is 0 Å². The molecule has 0 radical (unpaired) electrons. The number of amides is 1. The topological polar surface area (TPSA) is 63.2 Å². The van der Waals surface area contributed by atoms with E-state index < -0.39 is 67.9 Å². The largest absolute Gasteiger partial charge is 0.416 e. The monoisotopic (exact) mass is 499 g/mol. The third kappa shape index (κ3) is 5.03. The van der Waals surface area contributed by atoms with Crippen LogP contribution in [0.5, 0.6) is 0 Å². The van der Waals surface area contributed by atoms with Gasteiger partial charge in [0.05, 0.1) is 10.5 Å². The SMILES string of the molecule is O=C(NC1CCC(F)(S(=O)(=O)c2cc(F)cc(C(F)(F)F)c2)CC1)c1cc(F)cc(Cl)c1. The summed E-state index contributed by atoms with van der Waals surface area (Å²) >= 11 is 5.70. The number of benzene rings is 2. The molecular formula is C20H16ClF6NO3S. The Morgan fingerprint density at radius 2 is 1.59 bits per heavy atom. The summed E-state index contributed by atoms with van der Waals surface area (Å²) in [6.07, 6.45) is -6.61. The van der Waals surface area contributed by atoms with Crippen molar-refractivity contribution < 1.29 is 39.6 Å². The second-order valence-corrected chi connectivity index (χ2v) is 10.1. The van der Waals surface area contributed by atoms with Crippen LogP contribution in [0.15, 0.2) is 41.3 Å². The second-order valence-electron chi connectivity index (χ2n) is 7.47. The van der Waals surface area contributed by atoms with Gasteiger partial charge in [-0.15, -0.1) is 0 Å². The van der Waals surface area contributed by atoms with Crippen molar-refractivity contribution in [1.29, 1.82) is 0 Å². The molecule has 0 aliphatic heterocycles. The van der Waals surface area contributed by atoms with Gasteiger partial charge in [-0.1, -0.05) is 11.6 Å². The van der Waals surface area contributed by atoms with Gasteiger partial charge in [0.25, 0.3) is 5.91 Å². The standard InChI is InChI=1S/C20H16ClF6NO3S/c21-13-5-11(6-14(22)9-13)18(29)28-16-1-3-19(24,4-2-16)32(30,31)17-8-12(20(25,26)27)7-15(23)10-17/h5-10,16H,1-4H2,(H,28,29). The first-order valence-electron chi connectivity index (χ1n) is 9.29. The zero-order chi connectivity index (χ0) is 23.9. The van der Waals surface area contributed by atoms with Crippen molar-refractivity contribution in [2.24, 2.45) is 0 Å². The normalized spacial score (nSPS) is 21.9. The van der Waals surface area contributed by atoms with Crippen LogP contribution < -0.4 is 5.32 Å². The molecule has 12 heteroatoms. The predicted molar refractivity (Wildman–Crippen MR) is 104 cm³/mol. The zero-order valence-corrected chi connectivity index (χ0v) is 17.7. The molecule has 0 atom stereocenters. The van der Waals surface area contributed by atoms with E-state index in [1.54, 1.807) is 0 Å². The molecule has 2 aromatic carbocycles. The molecule has 0 aromatic heterocycles. The van der Waals surface area contributed by atoms with Gasteiger partial charge in [-0.2, -0.15) is 13.2 Å². The molecule has 1 amide bonds. The summed E-state index contributed by atoms with van der Waals surface area (Å²) in [4.78, 5) is 11.2. The van der Waals surface area contributed by atoms with Crippen molar-refractivity contribution in [3.8, 4) is 0 Å². The van der Waals surface area contributed by atoms with E-state index >= 15 is 4.39 Å². The number of carbonyl (C=O) groups excluding carboxylic acids is 1. The van der Waals surface area contributed by atoms with Gasteiger partial charge in [0.2, 0.25) is 14.8 Å². The first kappa shape index (κ1) is 24.4. The van der Waals surface area contributed by atoms with Crippen molar-refractivity contribution >= 4 is 27.3 Å². The summed E-state index contributed by atoms with van der Waals surface area (Å²) < 4.78 is 107. The molecule has 0 bridgehead atoms. The number of carbonyl (C=O) groups is 1. The molecule has 0 heterocycles. The average Bonchev–Trinajstić information content (AvgIpc) is 2.67. The van der Waals surface area contributed by atoms with Crippen LogP contribution >= 0.6 is 11.6 Å². The lowest BCUT2D eigenvalue weighted by Crippen LogP contribution is -2.45. The van der Waals surface area contributed by atoms with E-state index in [2.05, 4.69) is 5.32 Å².